The average Bonchev–Trinajstić information content (AvgIpc) is 2.19. The molecule has 0 amide bonds. The number of rotatable bonds is 2. The molecule has 0 radical (unpaired) electrons. The molecular formula is C13H17Br. The van der Waals surface area contributed by atoms with Crippen LogP contribution in [-0.4, -0.2) is 4.83 Å². The van der Waals surface area contributed by atoms with Crippen LogP contribution in [0.25, 0.3) is 0 Å². The molecule has 2 atom stereocenters. The Labute approximate surface area is 94.8 Å². The third-order valence-electron chi connectivity index (χ3n) is 3.09. The highest BCUT2D eigenvalue weighted by molar-refractivity contribution is 9.09. The summed E-state index contributed by atoms with van der Waals surface area (Å²) < 4.78 is 0. The first-order valence-corrected chi connectivity index (χ1v) is 6.44. The Balaban J connectivity index is 1.91. The molecule has 0 saturated heterocycles. The van der Waals surface area contributed by atoms with E-state index in [2.05, 4.69) is 46.3 Å². The molecule has 0 nitrogen and oxygen atoms in total. The van der Waals surface area contributed by atoms with Crippen molar-refractivity contribution in [2.45, 2.75) is 36.9 Å². The molecule has 1 aliphatic rings. The lowest BCUT2D eigenvalue weighted by Crippen LogP contribution is -2.16. The highest BCUT2D eigenvalue weighted by Gasteiger charge is 2.19. The molecule has 0 spiro atoms. The number of hydrogen-bond acceptors (Lipinski definition) is 0. The van der Waals surface area contributed by atoms with Crippen molar-refractivity contribution < 1.29 is 0 Å². The first kappa shape index (κ1) is 10.2. The molecule has 14 heavy (non-hydrogen) atoms. The summed E-state index contributed by atoms with van der Waals surface area (Å²) in [7, 11) is 0. The van der Waals surface area contributed by atoms with Gasteiger partial charge in [0.2, 0.25) is 0 Å². The van der Waals surface area contributed by atoms with E-state index >= 15 is 0 Å². The van der Waals surface area contributed by atoms with Gasteiger partial charge in [-0.25, -0.2) is 0 Å². The van der Waals surface area contributed by atoms with Crippen LogP contribution in [0, 0.1) is 5.92 Å². The summed E-state index contributed by atoms with van der Waals surface area (Å²) in [5.41, 5.74) is 1.50. The Hall–Kier alpha value is -0.300. The van der Waals surface area contributed by atoms with Crippen LogP contribution in [0.3, 0.4) is 0 Å². The number of halogens is 1. The highest BCUT2D eigenvalue weighted by Crippen LogP contribution is 2.31. The van der Waals surface area contributed by atoms with Crippen molar-refractivity contribution >= 4 is 15.9 Å². The molecule has 1 aromatic rings. The predicted molar refractivity (Wildman–Crippen MR) is 64.8 cm³/mol. The van der Waals surface area contributed by atoms with Gasteiger partial charge in [-0.2, -0.15) is 0 Å². The van der Waals surface area contributed by atoms with Crippen LogP contribution in [0.15, 0.2) is 30.3 Å². The molecule has 1 fully saturated rings. The Morgan fingerprint density at radius 2 is 1.93 bits per heavy atom. The van der Waals surface area contributed by atoms with Gasteiger partial charge in [-0.1, -0.05) is 59.1 Å². The Bertz CT molecular complexity index is 268. The highest BCUT2D eigenvalue weighted by atomic mass is 79.9. The van der Waals surface area contributed by atoms with E-state index < -0.39 is 0 Å². The van der Waals surface area contributed by atoms with Crippen LogP contribution in [0.1, 0.15) is 31.2 Å². The van der Waals surface area contributed by atoms with Gasteiger partial charge in [0.1, 0.15) is 0 Å². The summed E-state index contributed by atoms with van der Waals surface area (Å²) in [5, 5.41) is 0. The Morgan fingerprint density at radius 3 is 2.64 bits per heavy atom. The maximum Gasteiger partial charge on any atom is 0.0148 e. The number of benzene rings is 1. The Kier molecular flexibility index (Phi) is 3.63. The van der Waals surface area contributed by atoms with Gasteiger partial charge in [-0.3, -0.25) is 0 Å². The summed E-state index contributed by atoms with van der Waals surface area (Å²) in [6.45, 7) is 0. The topological polar surface area (TPSA) is 0 Å². The van der Waals surface area contributed by atoms with Crippen molar-refractivity contribution in [1.29, 1.82) is 0 Å². The molecule has 1 aliphatic carbocycles. The second kappa shape index (κ2) is 4.97. The van der Waals surface area contributed by atoms with E-state index in [0.717, 1.165) is 10.7 Å². The van der Waals surface area contributed by atoms with E-state index in [-0.39, 0.29) is 0 Å². The third-order valence-corrected chi connectivity index (χ3v) is 3.92. The SMILES string of the molecule is BrC1CCCC(Cc2ccccc2)C1. The van der Waals surface area contributed by atoms with E-state index in [9.17, 15) is 0 Å². The van der Waals surface area contributed by atoms with Crippen LogP contribution in [0.2, 0.25) is 0 Å². The van der Waals surface area contributed by atoms with Gasteiger partial charge in [0.05, 0.1) is 0 Å². The lowest BCUT2D eigenvalue weighted by molar-refractivity contribution is 0.368. The monoisotopic (exact) mass is 252 g/mol. The minimum absolute atomic E-state index is 0.768. The quantitative estimate of drug-likeness (QED) is 0.693. The van der Waals surface area contributed by atoms with Gasteiger partial charge in [-0.15, -0.1) is 0 Å². The summed E-state index contributed by atoms with van der Waals surface area (Å²) in [4.78, 5) is 0.768. The van der Waals surface area contributed by atoms with Gasteiger partial charge in [0.15, 0.2) is 0 Å². The normalized spacial score (nSPS) is 27.5. The van der Waals surface area contributed by atoms with Crippen molar-refractivity contribution in [3.05, 3.63) is 35.9 Å². The fourth-order valence-electron chi connectivity index (χ4n) is 2.36. The van der Waals surface area contributed by atoms with Crippen LogP contribution >= 0.6 is 15.9 Å². The standard InChI is InChI=1S/C13H17Br/c14-13-8-4-7-12(10-13)9-11-5-2-1-3-6-11/h1-3,5-6,12-13H,4,7-10H2. The van der Waals surface area contributed by atoms with Gasteiger partial charge < -0.3 is 0 Å². The van der Waals surface area contributed by atoms with Gasteiger partial charge >= 0.3 is 0 Å². The average molecular weight is 253 g/mol. The minimum atomic E-state index is 0.768. The summed E-state index contributed by atoms with van der Waals surface area (Å²) >= 11 is 3.74. The lowest BCUT2D eigenvalue weighted by atomic mass is 9.85. The molecule has 0 aromatic heterocycles. The molecule has 1 saturated carbocycles. The predicted octanol–water partition coefficient (Wildman–Crippen LogP) is 4.18. The molecule has 2 unspecified atom stereocenters. The van der Waals surface area contributed by atoms with Crippen LogP contribution < -0.4 is 0 Å². The van der Waals surface area contributed by atoms with Crippen molar-refractivity contribution in [2.75, 3.05) is 0 Å². The number of alkyl halides is 1. The zero-order valence-corrected chi connectivity index (χ0v) is 10.0. The van der Waals surface area contributed by atoms with E-state index in [1.807, 2.05) is 0 Å². The smallest absolute Gasteiger partial charge is 0.0148 e. The van der Waals surface area contributed by atoms with E-state index in [0.29, 0.717) is 0 Å². The first-order chi connectivity index (χ1) is 6.84. The number of hydrogen-bond donors (Lipinski definition) is 0. The summed E-state index contributed by atoms with van der Waals surface area (Å²) in [6, 6.07) is 10.9. The van der Waals surface area contributed by atoms with Gasteiger partial charge in [0.25, 0.3) is 0 Å². The largest absolute Gasteiger partial charge is 0.0891 e. The van der Waals surface area contributed by atoms with Crippen LogP contribution in [-0.2, 0) is 6.42 Å². The van der Waals surface area contributed by atoms with Gasteiger partial charge in [0, 0.05) is 4.83 Å². The molecule has 1 aromatic carbocycles. The van der Waals surface area contributed by atoms with Crippen molar-refractivity contribution in [3.63, 3.8) is 0 Å². The van der Waals surface area contributed by atoms with Crippen LogP contribution in [0.4, 0.5) is 0 Å². The maximum atomic E-state index is 3.74. The third kappa shape index (κ3) is 2.84. The van der Waals surface area contributed by atoms with E-state index in [4.69, 9.17) is 0 Å². The van der Waals surface area contributed by atoms with Crippen molar-refractivity contribution in [2.24, 2.45) is 5.92 Å². The van der Waals surface area contributed by atoms with Gasteiger partial charge in [-0.05, 0) is 30.7 Å². The van der Waals surface area contributed by atoms with E-state index in [1.54, 1.807) is 0 Å². The summed E-state index contributed by atoms with van der Waals surface area (Å²) in [6.07, 6.45) is 6.80. The lowest BCUT2D eigenvalue weighted by Gasteiger charge is -2.25. The molecule has 0 aliphatic heterocycles. The fraction of sp³-hybridized carbons (Fsp3) is 0.538. The molecule has 2 rings (SSSR count). The molecule has 1 heteroatoms. The molecule has 0 heterocycles. The maximum absolute atomic E-state index is 3.74. The molecular weight excluding hydrogens is 236 g/mol. The molecule has 76 valence electrons. The van der Waals surface area contributed by atoms with Crippen molar-refractivity contribution in [3.8, 4) is 0 Å². The molecule has 0 N–H and O–H groups in total. The Morgan fingerprint density at radius 1 is 1.14 bits per heavy atom. The van der Waals surface area contributed by atoms with Crippen LogP contribution in [0.5, 0.6) is 0 Å². The van der Waals surface area contributed by atoms with E-state index in [1.165, 1.54) is 37.7 Å². The minimum Gasteiger partial charge on any atom is -0.0891 e. The van der Waals surface area contributed by atoms with Crippen molar-refractivity contribution in [1.82, 2.24) is 0 Å². The zero-order valence-electron chi connectivity index (χ0n) is 8.45. The fourth-order valence-corrected chi connectivity index (χ4v) is 3.21. The molecule has 0 bridgehead atoms. The second-order valence-corrected chi connectivity index (χ2v) is 5.61. The first-order valence-electron chi connectivity index (χ1n) is 5.52. The zero-order chi connectivity index (χ0) is 9.80. The second-order valence-electron chi connectivity index (χ2n) is 4.32. The summed E-state index contributed by atoms with van der Waals surface area (Å²) in [5.74, 6) is 0.899.